The number of halogens is 1. The number of aryl methyl sites for hydroxylation is 1. The first-order valence-electron chi connectivity index (χ1n) is 11.1. The van der Waals surface area contributed by atoms with Gasteiger partial charge in [0, 0.05) is 29.3 Å². The van der Waals surface area contributed by atoms with Crippen LogP contribution in [-0.2, 0) is 20.9 Å². The van der Waals surface area contributed by atoms with Crippen LogP contribution in [0.15, 0.2) is 35.0 Å². The van der Waals surface area contributed by atoms with Crippen LogP contribution in [0, 0.1) is 18.8 Å². The molecule has 182 valence electrons. The summed E-state index contributed by atoms with van der Waals surface area (Å²) >= 11 is 6.45. The number of nitrogens with two attached hydrogens (primary N) is 1. The molecule has 3 N–H and O–H groups in total. The predicted molar refractivity (Wildman–Crippen MR) is 132 cm³/mol. The molecule has 1 fully saturated rings. The standard InChI is InChI=1S/C24H24ClN5O4S/c1-15-11-20(29-34-15)23(2,31)6-5-16-3-4-17-19(12-16)30(21-18(25)13-27-22(26)28-21)14-24(17)7-9-35(32,33)10-8-24/h3-4,11-13,31H,7-10,14H2,1-2H3,(H2,26,27,28). The lowest BCUT2D eigenvalue weighted by molar-refractivity contribution is 0.112. The van der Waals surface area contributed by atoms with Crippen LogP contribution in [0.2, 0.25) is 5.02 Å². The van der Waals surface area contributed by atoms with Gasteiger partial charge in [-0.15, -0.1) is 0 Å². The monoisotopic (exact) mass is 513 g/mol. The van der Waals surface area contributed by atoms with Gasteiger partial charge in [-0.2, -0.15) is 4.98 Å². The topological polar surface area (TPSA) is 135 Å². The maximum Gasteiger partial charge on any atom is 0.222 e. The highest BCUT2D eigenvalue weighted by Crippen LogP contribution is 2.50. The van der Waals surface area contributed by atoms with Crippen molar-refractivity contribution in [2.45, 2.75) is 37.7 Å². The molecule has 2 aliphatic heterocycles. The van der Waals surface area contributed by atoms with Crippen molar-refractivity contribution in [2.24, 2.45) is 0 Å². The van der Waals surface area contributed by atoms with E-state index in [1.54, 1.807) is 19.9 Å². The third-order valence-electron chi connectivity index (χ3n) is 6.68. The van der Waals surface area contributed by atoms with E-state index < -0.39 is 15.4 Å². The summed E-state index contributed by atoms with van der Waals surface area (Å²) in [5, 5.41) is 15.0. The number of aromatic nitrogens is 3. The van der Waals surface area contributed by atoms with Gasteiger partial charge in [0.2, 0.25) is 5.95 Å². The molecule has 1 aromatic carbocycles. The quantitative estimate of drug-likeness (QED) is 0.495. The van der Waals surface area contributed by atoms with Gasteiger partial charge in [-0.05, 0) is 44.4 Å². The molecule has 0 saturated carbocycles. The van der Waals surface area contributed by atoms with E-state index in [-0.39, 0.29) is 22.9 Å². The molecule has 0 radical (unpaired) electrons. The summed E-state index contributed by atoms with van der Waals surface area (Å²) in [6.07, 6.45) is 2.46. The molecular weight excluding hydrogens is 490 g/mol. The minimum Gasteiger partial charge on any atom is -0.372 e. The fourth-order valence-corrected chi connectivity index (χ4v) is 6.51. The first kappa shape index (κ1) is 23.6. The molecular formula is C24H24ClN5O4S. The van der Waals surface area contributed by atoms with Crippen LogP contribution < -0.4 is 10.6 Å². The SMILES string of the molecule is Cc1cc(C(C)(O)C#Cc2ccc3c(c2)N(c2nc(N)ncc2Cl)CC32CCS(=O)(=O)CC2)no1. The molecule has 2 aliphatic rings. The summed E-state index contributed by atoms with van der Waals surface area (Å²) in [5.74, 6) is 7.28. The van der Waals surface area contributed by atoms with Crippen molar-refractivity contribution in [1.82, 2.24) is 15.1 Å². The molecule has 1 atom stereocenters. The van der Waals surface area contributed by atoms with E-state index in [4.69, 9.17) is 21.9 Å². The number of anilines is 3. The molecule has 11 heteroatoms. The van der Waals surface area contributed by atoms with E-state index in [1.807, 2.05) is 23.1 Å². The number of sulfone groups is 1. The number of aliphatic hydroxyl groups is 1. The Morgan fingerprint density at radius 2 is 2.03 bits per heavy atom. The first-order valence-corrected chi connectivity index (χ1v) is 13.3. The zero-order valence-corrected chi connectivity index (χ0v) is 20.8. The summed E-state index contributed by atoms with van der Waals surface area (Å²) in [6.45, 7) is 3.81. The van der Waals surface area contributed by atoms with Crippen LogP contribution in [0.5, 0.6) is 0 Å². The van der Waals surface area contributed by atoms with Gasteiger partial charge >= 0.3 is 0 Å². The number of hydrogen-bond donors (Lipinski definition) is 2. The van der Waals surface area contributed by atoms with E-state index in [1.165, 1.54) is 6.20 Å². The highest BCUT2D eigenvalue weighted by atomic mass is 35.5. The third-order valence-corrected chi connectivity index (χ3v) is 8.60. The summed E-state index contributed by atoms with van der Waals surface area (Å²) in [5.41, 5.74) is 6.83. The summed E-state index contributed by atoms with van der Waals surface area (Å²) < 4.78 is 29.4. The van der Waals surface area contributed by atoms with Crippen molar-refractivity contribution in [3.05, 3.63) is 58.1 Å². The van der Waals surface area contributed by atoms with Crippen molar-refractivity contribution in [3.8, 4) is 11.8 Å². The van der Waals surface area contributed by atoms with E-state index >= 15 is 0 Å². The average molecular weight is 514 g/mol. The Balaban J connectivity index is 1.58. The van der Waals surface area contributed by atoms with Crippen LogP contribution >= 0.6 is 11.6 Å². The number of benzene rings is 1. The molecule has 2 aromatic heterocycles. The van der Waals surface area contributed by atoms with Gasteiger partial charge in [0.05, 0.1) is 17.7 Å². The van der Waals surface area contributed by atoms with Crippen LogP contribution in [-0.4, -0.2) is 46.7 Å². The Bertz CT molecular complexity index is 1480. The molecule has 0 aliphatic carbocycles. The second-order valence-corrected chi connectivity index (χ2v) is 12.0. The van der Waals surface area contributed by atoms with E-state index in [9.17, 15) is 13.5 Å². The largest absolute Gasteiger partial charge is 0.372 e. The Hall–Kier alpha value is -3.13. The van der Waals surface area contributed by atoms with Crippen LogP contribution in [0.1, 0.15) is 42.3 Å². The van der Waals surface area contributed by atoms with Gasteiger partial charge < -0.3 is 20.3 Å². The molecule has 4 heterocycles. The number of nitrogens with zero attached hydrogens (tertiary/aromatic N) is 4. The minimum atomic E-state index is -3.06. The molecule has 3 aromatic rings. The van der Waals surface area contributed by atoms with Gasteiger partial charge in [0.1, 0.15) is 26.3 Å². The Kier molecular flexibility index (Phi) is 5.55. The fraction of sp³-hybridized carbons (Fsp3) is 0.375. The Morgan fingerprint density at radius 3 is 2.71 bits per heavy atom. The maximum absolute atomic E-state index is 12.2. The molecule has 35 heavy (non-hydrogen) atoms. The molecule has 5 rings (SSSR count). The minimum absolute atomic E-state index is 0.0908. The normalized spacial score (nSPS) is 19.6. The van der Waals surface area contributed by atoms with E-state index in [0.717, 1.165) is 11.3 Å². The van der Waals surface area contributed by atoms with Gasteiger partial charge in [-0.3, -0.25) is 0 Å². The fourth-order valence-electron chi connectivity index (χ4n) is 4.71. The number of nitrogen functional groups attached to an aromatic ring is 1. The number of hydrogen-bond acceptors (Lipinski definition) is 9. The van der Waals surface area contributed by atoms with Crippen molar-refractivity contribution in [3.63, 3.8) is 0 Å². The molecule has 0 bridgehead atoms. The van der Waals surface area contributed by atoms with Gasteiger partial charge in [0.15, 0.2) is 11.4 Å². The van der Waals surface area contributed by atoms with Crippen molar-refractivity contribution >= 4 is 38.9 Å². The summed E-state index contributed by atoms with van der Waals surface area (Å²) in [7, 11) is -3.06. The van der Waals surface area contributed by atoms with Gasteiger partial charge in [-0.25, -0.2) is 13.4 Å². The third kappa shape index (κ3) is 4.35. The smallest absolute Gasteiger partial charge is 0.222 e. The highest BCUT2D eigenvalue weighted by Gasteiger charge is 2.47. The molecule has 1 spiro atoms. The second-order valence-electron chi connectivity index (χ2n) is 9.29. The van der Waals surface area contributed by atoms with E-state index in [2.05, 4.69) is 27.0 Å². The number of rotatable bonds is 2. The summed E-state index contributed by atoms with van der Waals surface area (Å²) in [6, 6.07) is 7.39. The lowest BCUT2D eigenvalue weighted by Crippen LogP contribution is -2.40. The molecule has 0 amide bonds. The lowest BCUT2D eigenvalue weighted by Gasteiger charge is -2.34. The van der Waals surface area contributed by atoms with Gasteiger partial charge in [0.25, 0.3) is 0 Å². The second kappa shape index (κ2) is 8.22. The number of fused-ring (bicyclic) bond motifs is 2. The molecule has 1 saturated heterocycles. The maximum atomic E-state index is 12.2. The van der Waals surface area contributed by atoms with Gasteiger partial charge in [-0.1, -0.05) is 34.7 Å². The molecule has 9 nitrogen and oxygen atoms in total. The zero-order chi connectivity index (χ0) is 25.0. The predicted octanol–water partition coefficient (Wildman–Crippen LogP) is 2.87. The average Bonchev–Trinajstić information content (AvgIpc) is 3.39. The Morgan fingerprint density at radius 1 is 1.29 bits per heavy atom. The first-order chi connectivity index (χ1) is 16.5. The van der Waals surface area contributed by atoms with Crippen molar-refractivity contribution in [1.29, 1.82) is 0 Å². The summed E-state index contributed by atoms with van der Waals surface area (Å²) in [4.78, 5) is 10.3. The zero-order valence-electron chi connectivity index (χ0n) is 19.2. The Labute approximate surface area is 208 Å². The van der Waals surface area contributed by atoms with Crippen LogP contribution in [0.25, 0.3) is 0 Å². The van der Waals surface area contributed by atoms with Crippen molar-refractivity contribution < 1.29 is 18.0 Å². The lowest BCUT2D eigenvalue weighted by atomic mass is 9.77. The van der Waals surface area contributed by atoms with Crippen molar-refractivity contribution in [2.75, 3.05) is 28.7 Å². The van der Waals surface area contributed by atoms with Crippen LogP contribution in [0.4, 0.5) is 17.5 Å². The highest BCUT2D eigenvalue weighted by molar-refractivity contribution is 7.91. The van der Waals surface area contributed by atoms with Crippen LogP contribution in [0.3, 0.4) is 0 Å². The van der Waals surface area contributed by atoms with E-state index in [0.29, 0.717) is 47.2 Å². The molecule has 1 unspecified atom stereocenters.